The molecule has 6 nitrogen and oxygen atoms in total. The van der Waals surface area contributed by atoms with Gasteiger partial charge >= 0.3 is 0 Å². The van der Waals surface area contributed by atoms with Crippen LogP contribution >= 0.6 is 0 Å². The third kappa shape index (κ3) is 3.44. The van der Waals surface area contributed by atoms with Crippen LogP contribution in [0.4, 0.5) is 5.69 Å². The van der Waals surface area contributed by atoms with Crippen molar-refractivity contribution in [1.29, 1.82) is 0 Å². The molecule has 0 atom stereocenters. The predicted molar refractivity (Wildman–Crippen MR) is 110 cm³/mol. The van der Waals surface area contributed by atoms with Crippen LogP contribution in [0.25, 0.3) is 22.6 Å². The molecule has 0 saturated carbocycles. The molecule has 0 fully saturated rings. The van der Waals surface area contributed by atoms with Gasteiger partial charge in [0.25, 0.3) is 5.91 Å². The number of hydrogen-bond acceptors (Lipinski definition) is 4. The molecular formula is C22H20N4O2. The first-order chi connectivity index (χ1) is 13.7. The van der Waals surface area contributed by atoms with E-state index in [4.69, 9.17) is 4.74 Å². The number of carbonyl (C=O) groups is 1. The Morgan fingerprint density at radius 2 is 1.96 bits per heavy atom. The Kier molecular flexibility index (Phi) is 4.76. The Hall–Kier alpha value is -3.67. The van der Waals surface area contributed by atoms with Crippen LogP contribution in [0.5, 0.6) is 5.75 Å². The number of amides is 1. The molecule has 140 valence electrons. The van der Waals surface area contributed by atoms with Crippen molar-refractivity contribution in [1.82, 2.24) is 15.0 Å². The quantitative estimate of drug-likeness (QED) is 0.542. The van der Waals surface area contributed by atoms with Gasteiger partial charge in [-0.3, -0.25) is 4.79 Å². The van der Waals surface area contributed by atoms with Crippen molar-refractivity contribution in [3.63, 3.8) is 0 Å². The van der Waals surface area contributed by atoms with E-state index in [9.17, 15) is 4.79 Å². The largest absolute Gasteiger partial charge is 0.496 e. The topological polar surface area (TPSA) is 79.9 Å². The summed E-state index contributed by atoms with van der Waals surface area (Å²) in [5.74, 6) is 1.39. The van der Waals surface area contributed by atoms with Crippen LogP contribution in [0.15, 0.2) is 60.8 Å². The standard InChI is InChI=1S/C22H20N4O2/c1-3-14-13-16(8-11-19(14)28-2)22(27)24-17-9-6-15(7-10-17)20-25-18-5-4-12-23-21(18)26-20/h4-13H,3H2,1-2H3,(H,24,27)(H,23,25,26). The molecule has 2 aromatic carbocycles. The molecule has 0 aliphatic heterocycles. The number of nitrogens with one attached hydrogen (secondary N) is 2. The molecule has 0 aliphatic rings. The summed E-state index contributed by atoms with van der Waals surface area (Å²) < 4.78 is 5.32. The van der Waals surface area contributed by atoms with Crippen molar-refractivity contribution >= 4 is 22.8 Å². The highest BCUT2D eigenvalue weighted by atomic mass is 16.5. The SMILES string of the molecule is CCc1cc(C(=O)Nc2ccc(-c3nc4ncccc4[nH]3)cc2)ccc1OC. The number of aromatic nitrogens is 3. The van der Waals surface area contributed by atoms with E-state index >= 15 is 0 Å². The molecule has 4 rings (SSSR count). The van der Waals surface area contributed by atoms with Crippen LogP contribution in [0.1, 0.15) is 22.8 Å². The van der Waals surface area contributed by atoms with Crippen LogP contribution in [0.2, 0.25) is 0 Å². The smallest absolute Gasteiger partial charge is 0.255 e. The average Bonchev–Trinajstić information content (AvgIpc) is 3.18. The van der Waals surface area contributed by atoms with Crippen molar-refractivity contribution in [2.24, 2.45) is 0 Å². The van der Waals surface area contributed by atoms with E-state index in [1.165, 1.54) is 0 Å². The number of carbonyl (C=O) groups excluding carboxylic acids is 1. The lowest BCUT2D eigenvalue weighted by Gasteiger charge is -2.10. The minimum Gasteiger partial charge on any atom is -0.496 e. The average molecular weight is 372 g/mol. The molecule has 0 unspecified atom stereocenters. The molecule has 4 aromatic rings. The van der Waals surface area contributed by atoms with Gasteiger partial charge < -0.3 is 15.0 Å². The lowest BCUT2D eigenvalue weighted by atomic mass is 10.1. The zero-order valence-electron chi connectivity index (χ0n) is 15.7. The summed E-state index contributed by atoms with van der Waals surface area (Å²) in [6, 6.07) is 16.8. The van der Waals surface area contributed by atoms with E-state index in [-0.39, 0.29) is 5.91 Å². The summed E-state index contributed by atoms with van der Waals surface area (Å²) in [5, 5.41) is 2.93. The van der Waals surface area contributed by atoms with Crippen molar-refractivity contribution in [2.45, 2.75) is 13.3 Å². The summed E-state index contributed by atoms with van der Waals surface area (Å²) in [7, 11) is 1.63. The lowest BCUT2D eigenvalue weighted by molar-refractivity contribution is 0.102. The first-order valence-electron chi connectivity index (χ1n) is 9.07. The first kappa shape index (κ1) is 17.7. The Morgan fingerprint density at radius 1 is 1.14 bits per heavy atom. The van der Waals surface area contributed by atoms with E-state index in [1.807, 2.05) is 55.5 Å². The molecule has 0 aliphatic carbocycles. The number of hydrogen-bond donors (Lipinski definition) is 2. The summed E-state index contributed by atoms with van der Waals surface area (Å²) >= 11 is 0. The number of fused-ring (bicyclic) bond motifs is 1. The Morgan fingerprint density at radius 3 is 2.68 bits per heavy atom. The normalized spacial score (nSPS) is 10.8. The minimum atomic E-state index is -0.155. The van der Waals surface area contributed by atoms with Crippen molar-refractivity contribution in [2.75, 3.05) is 12.4 Å². The van der Waals surface area contributed by atoms with Gasteiger partial charge in [-0.15, -0.1) is 0 Å². The second-order valence-corrected chi connectivity index (χ2v) is 6.37. The number of benzene rings is 2. The van der Waals surface area contributed by atoms with Crippen LogP contribution in [0.3, 0.4) is 0 Å². The molecule has 28 heavy (non-hydrogen) atoms. The summed E-state index contributed by atoms with van der Waals surface area (Å²) in [6.45, 7) is 2.03. The maximum absolute atomic E-state index is 12.6. The van der Waals surface area contributed by atoms with Crippen molar-refractivity contribution < 1.29 is 9.53 Å². The summed E-state index contributed by atoms with van der Waals surface area (Å²) in [6.07, 6.45) is 2.51. The molecule has 2 N–H and O–H groups in total. The Balaban J connectivity index is 1.52. The Bertz CT molecular complexity index is 1100. The second kappa shape index (κ2) is 7.52. The first-order valence-corrected chi connectivity index (χ1v) is 9.07. The Labute approximate surface area is 162 Å². The number of ether oxygens (including phenoxy) is 1. The number of methoxy groups -OCH3 is 1. The fourth-order valence-corrected chi connectivity index (χ4v) is 3.09. The highest BCUT2D eigenvalue weighted by Crippen LogP contribution is 2.23. The maximum Gasteiger partial charge on any atom is 0.255 e. The van der Waals surface area contributed by atoms with Crippen molar-refractivity contribution in [3.05, 3.63) is 71.9 Å². The van der Waals surface area contributed by atoms with Crippen LogP contribution < -0.4 is 10.1 Å². The number of nitrogens with zero attached hydrogens (tertiary/aromatic N) is 2. The van der Waals surface area contributed by atoms with Crippen LogP contribution in [0, 0.1) is 0 Å². The highest BCUT2D eigenvalue weighted by molar-refractivity contribution is 6.04. The number of aromatic amines is 1. The number of pyridine rings is 1. The molecule has 0 radical (unpaired) electrons. The second-order valence-electron chi connectivity index (χ2n) is 6.37. The fourth-order valence-electron chi connectivity index (χ4n) is 3.09. The molecule has 0 bridgehead atoms. The third-order valence-electron chi connectivity index (χ3n) is 4.60. The van der Waals surface area contributed by atoms with Gasteiger partial charge in [-0.2, -0.15) is 0 Å². The molecule has 2 aromatic heterocycles. The monoisotopic (exact) mass is 372 g/mol. The highest BCUT2D eigenvalue weighted by Gasteiger charge is 2.11. The number of anilines is 1. The van der Waals surface area contributed by atoms with Gasteiger partial charge in [-0.05, 0) is 66.6 Å². The van der Waals surface area contributed by atoms with E-state index in [0.717, 1.165) is 40.3 Å². The van der Waals surface area contributed by atoms with Crippen LogP contribution in [-0.4, -0.2) is 28.0 Å². The number of imidazole rings is 1. The molecule has 0 spiro atoms. The summed E-state index contributed by atoms with van der Waals surface area (Å²) in [4.78, 5) is 24.6. The van der Waals surface area contributed by atoms with Gasteiger partial charge in [-0.1, -0.05) is 6.92 Å². The molecule has 6 heteroatoms. The van der Waals surface area contributed by atoms with Gasteiger partial charge in [0, 0.05) is 23.0 Å². The number of rotatable bonds is 5. The fraction of sp³-hybridized carbons (Fsp3) is 0.136. The molecular weight excluding hydrogens is 352 g/mol. The molecule has 0 saturated heterocycles. The van der Waals surface area contributed by atoms with Gasteiger partial charge in [-0.25, -0.2) is 9.97 Å². The van der Waals surface area contributed by atoms with Crippen LogP contribution in [-0.2, 0) is 6.42 Å². The zero-order chi connectivity index (χ0) is 19.5. The van der Waals surface area contributed by atoms with E-state index in [1.54, 1.807) is 19.4 Å². The molecule has 2 heterocycles. The summed E-state index contributed by atoms with van der Waals surface area (Å²) in [5.41, 5.74) is 4.82. The minimum absolute atomic E-state index is 0.155. The van der Waals surface area contributed by atoms with Gasteiger partial charge in [0.15, 0.2) is 5.65 Å². The van der Waals surface area contributed by atoms with E-state index in [2.05, 4.69) is 20.3 Å². The van der Waals surface area contributed by atoms with E-state index < -0.39 is 0 Å². The lowest BCUT2D eigenvalue weighted by Crippen LogP contribution is -2.12. The third-order valence-corrected chi connectivity index (χ3v) is 4.60. The van der Waals surface area contributed by atoms with Gasteiger partial charge in [0.1, 0.15) is 11.6 Å². The van der Waals surface area contributed by atoms with Crippen molar-refractivity contribution in [3.8, 4) is 17.1 Å². The van der Waals surface area contributed by atoms with E-state index in [0.29, 0.717) is 11.2 Å². The maximum atomic E-state index is 12.6. The van der Waals surface area contributed by atoms with Gasteiger partial charge in [0.2, 0.25) is 0 Å². The molecule has 1 amide bonds. The number of aryl methyl sites for hydroxylation is 1. The van der Waals surface area contributed by atoms with Gasteiger partial charge in [0.05, 0.1) is 12.6 Å². The zero-order valence-corrected chi connectivity index (χ0v) is 15.7. The number of H-pyrrole nitrogens is 1. The predicted octanol–water partition coefficient (Wildman–Crippen LogP) is 4.45.